The van der Waals surface area contributed by atoms with Crippen LogP contribution in [0.5, 0.6) is 11.5 Å². The molecule has 28 heavy (non-hydrogen) atoms. The highest BCUT2D eigenvalue weighted by Crippen LogP contribution is 2.39. The van der Waals surface area contributed by atoms with Gasteiger partial charge in [0.05, 0.1) is 14.2 Å². The Morgan fingerprint density at radius 2 is 2.00 bits per heavy atom. The topological polar surface area (TPSA) is 51.9 Å². The lowest BCUT2D eigenvalue weighted by molar-refractivity contribution is 0.243. The third-order valence-corrected chi connectivity index (χ3v) is 5.82. The molecule has 5 nitrogen and oxygen atoms in total. The number of likely N-dealkylation sites (tertiary alicyclic amines) is 1. The lowest BCUT2D eigenvalue weighted by Gasteiger charge is -2.26. The molecule has 0 spiro atoms. The number of methoxy groups -OCH3 is 2. The summed E-state index contributed by atoms with van der Waals surface area (Å²) in [5, 5.41) is 0.968. The van der Waals surface area contributed by atoms with Crippen molar-refractivity contribution >= 4 is 26.9 Å². The lowest BCUT2D eigenvalue weighted by atomic mass is 10.0. The zero-order valence-electron chi connectivity index (χ0n) is 15.9. The highest BCUT2D eigenvalue weighted by atomic mass is 79.9. The van der Waals surface area contributed by atoms with Gasteiger partial charge in [-0.1, -0.05) is 22.0 Å². The SMILES string of the molecule is COc1ccc(C2CCCN2Cc2cc(=O)oc3cc(Br)ccc23)c(OC)c1. The van der Waals surface area contributed by atoms with Crippen LogP contribution in [0.15, 0.2) is 56.1 Å². The van der Waals surface area contributed by atoms with E-state index in [1.54, 1.807) is 20.3 Å². The van der Waals surface area contributed by atoms with Gasteiger partial charge < -0.3 is 13.9 Å². The van der Waals surface area contributed by atoms with Gasteiger partial charge in [0.15, 0.2) is 0 Å². The Labute approximate surface area is 172 Å². The van der Waals surface area contributed by atoms with Crippen LogP contribution in [0.25, 0.3) is 11.0 Å². The van der Waals surface area contributed by atoms with Gasteiger partial charge in [-0.15, -0.1) is 0 Å². The van der Waals surface area contributed by atoms with Gasteiger partial charge >= 0.3 is 5.63 Å². The van der Waals surface area contributed by atoms with Gasteiger partial charge in [-0.2, -0.15) is 0 Å². The van der Waals surface area contributed by atoms with Gasteiger partial charge in [-0.3, -0.25) is 4.90 Å². The van der Waals surface area contributed by atoms with E-state index in [1.807, 2.05) is 30.3 Å². The van der Waals surface area contributed by atoms with Gasteiger partial charge in [-0.05, 0) is 49.2 Å². The minimum Gasteiger partial charge on any atom is -0.497 e. The summed E-state index contributed by atoms with van der Waals surface area (Å²) in [6.45, 7) is 1.65. The van der Waals surface area contributed by atoms with Crippen LogP contribution >= 0.6 is 15.9 Å². The fraction of sp³-hybridized carbons (Fsp3) is 0.318. The molecule has 146 valence electrons. The van der Waals surface area contributed by atoms with Gasteiger partial charge in [0.25, 0.3) is 0 Å². The zero-order chi connectivity index (χ0) is 19.7. The molecule has 1 atom stereocenters. The molecule has 1 fully saturated rings. The Morgan fingerprint density at radius 3 is 2.79 bits per heavy atom. The number of rotatable bonds is 5. The van der Waals surface area contributed by atoms with E-state index < -0.39 is 0 Å². The summed E-state index contributed by atoms with van der Waals surface area (Å²) in [5.41, 5.74) is 2.42. The van der Waals surface area contributed by atoms with Crippen molar-refractivity contribution in [2.24, 2.45) is 0 Å². The van der Waals surface area contributed by atoms with Gasteiger partial charge in [0, 0.05) is 40.1 Å². The Morgan fingerprint density at radius 1 is 1.14 bits per heavy atom. The average molecular weight is 444 g/mol. The van der Waals surface area contributed by atoms with Crippen molar-refractivity contribution in [3.8, 4) is 11.5 Å². The second-order valence-electron chi connectivity index (χ2n) is 6.97. The third kappa shape index (κ3) is 3.66. The van der Waals surface area contributed by atoms with Crippen LogP contribution in [0.4, 0.5) is 0 Å². The van der Waals surface area contributed by atoms with Crippen LogP contribution in [0.3, 0.4) is 0 Å². The van der Waals surface area contributed by atoms with E-state index in [-0.39, 0.29) is 11.7 Å². The van der Waals surface area contributed by atoms with Crippen LogP contribution in [0, 0.1) is 0 Å². The number of fused-ring (bicyclic) bond motifs is 1. The Hall–Kier alpha value is -2.31. The van der Waals surface area contributed by atoms with Gasteiger partial charge in [-0.25, -0.2) is 4.79 Å². The molecule has 0 radical (unpaired) electrons. The van der Waals surface area contributed by atoms with Crippen molar-refractivity contribution < 1.29 is 13.9 Å². The molecule has 0 amide bonds. The molecule has 0 bridgehead atoms. The van der Waals surface area contributed by atoms with Gasteiger partial charge in [0.1, 0.15) is 17.1 Å². The zero-order valence-corrected chi connectivity index (χ0v) is 17.5. The van der Waals surface area contributed by atoms with E-state index in [1.165, 1.54) is 0 Å². The molecule has 4 rings (SSSR count). The molecule has 2 heterocycles. The second kappa shape index (κ2) is 7.97. The van der Waals surface area contributed by atoms with Crippen LogP contribution in [0.1, 0.15) is 30.0 Å². The Kier molecular flexibility index (Phi) is 5.42. The van der Waals surface area contributed by atoms with Crippen LogP contribution < -0.4 is 15.1 Å². The summed E-state index contributed by atoms with van der Waals surface area (Å²) in [6, 6.07) is 13.6. The first-order valence-corrected chi connectivity index (χ1v) is 10.1. The van der Waals surface area contributed by atoms with E-state index >= 15 is 0 Å². The number of nitrogens with zero attached hydrogens (tertiary/aromatic N) is 1. The molecule has 2 aromatic carbocycles. The van der Waals surface area contributed by atoms with Crippen molar-refractivity contribution in [3.05, 3.63) is 68.5 Å². The monoisotopic (exact) mass is 443 g/mol. The largest absolute Gasteiger partial charge is 0.497 e. The number of hydrogen-bond donors (Lipinski definition) is 0. The number of ether oxygens (including phenoxy) is 2. The first-order valence-electron chi connectivity index (χ1n) is 9.27. The van der Waals surface area contributed by atoms with Crippen molar-refractivity contribution in [1.82, 2.24) is 4.90 Å². The minimum absolute atomic E-state index is 0.235. The Balaban J connectivity index is 1.69. The van der Waals surface area contributed by atoms with Crippen molar-refractivity contribution in [2.75, 3.05) is 20.8 Å². The summed E-state index contributed by atoms with van der Waals surface area (Å²) in [6.07, 6.45) is 2.15. The molecule has 1 saturated heterocycles. The fourth-order valence-corrected chi connectivity index (χ4v) is 4.35. The number of halogens is 1. The van der Waals surface area contributed by atoms with E-state index in [2.05, 4.69) is 26.9 Å². The summed E-state index contributed by atoms with van der Waals surface area (Å²) in [4.78, 5) is 14.5. The molecular formula is C22H22BrNO4. The first kappa shape index (κ1) is 19.0. The quantitative estimate of drug-likeness (QED) is 0.524. The third-order valence-electron chi connectivity index (χ3n) is 5.33. The molecule has 0 saturated carbocycles. The molecule has 1 aromatic heterocycles. The summed E-state index contributed by atoms with van der Waals surface area (Å²) in [5.74, 6) is 1.61. The first-order chi connectivity index (χ1) is 13.6. The maximum absolute atomic E-state index is 12.1. The van der Waals surface area contributed by atoms with E-state index in [0.29, 0.717) is 12.1 Å². The number of benzene rings is 2. The number of hydrogen-bond acceptors (Lipinski definition) is 5. The predicted octanol–water partition coefficient (Wildman–Crippen LogP) is 4.91. The van der Waals surface area contributed by atoms with Gasteiger partial charge in [0.2, 0.25) is 0 Å². The lowest BCUT2D eigenvalue weighted by Crippen LogP contribution is -2.24. The van der Waals surface area contributed by atoms with Crippen molar-refractivity contribution in [2.45, 2.75) is 25.4 Å². The standard InChI is InChI=1S/C22H22BrNO4/c1-26-16-6-8-18(20(12-16)27-2)19-4-3-9-24(19)13-14-10-22(25)28-21-11-15(23)5-7-17(14)21/h5-8,10-12,19H,3-4,9,13H2,1-2H3. The average Bonchev–Trinajstić information content (AvgIpc) is 3.14. The molecule has 1 unspecified atom stereocenters. The fourth-order valence-electron chi connectivity index (χ4n) is 4.01. The minimum atomic E-state index is -0.321. The van der Waals surface area contributed by atoms with E-state index in [0.717, 1.165) is 51.9 Å². The molecule has 1 aliphatic heterocycles. The molecule has 1 aliphatic rings. The maximum Gasteiger partial charge on any atom is 0.336 e. The van der Waals surface area contributed by atoms with Crippen molar-refractivity contribution in [3.63, 3.8) is 0 Å². The predicted molar refractivity (Wildman–Crippen MR) is 112 cm³/mol. The smallest absolute Gasteiger partial charge is 0.336 e. The summed E-state index contributed by atoms with van der Waals surface area (Å²) < 4.78 is 17.2. The highest BCUT2D eigenvalue weighted by molar-refractivity contribution is 9.10. The van der Waals surface area contributed by atoms with Crippen LogP contribution in [0.2, 0.25) is 0 Å². The van der Waals surface area contributed by atoms with Crippen molar-refractivity contribution in [1.29, 1.82) is 0 Å². The normalized spacial score (nSPS) is 17.2. The van der Waals surface area contributed by atoms with E-state index in [4.69, 9.17) is 13.9 Å². The molecular weight excluding hydrogens is 422 g/mol. The Bertz CT molecular complexity index is 1060. The molecule has 6 heteroatoms. The maximum atomic E-state index is 12.1. The molecule has 0 aliphatic carbocycles. The molecule has 3 aromatic rings. The van der Waals surface area contributed by atoms with Crippen LogP contribution in [-0.2, 0) is 6.54 Å². The second-order valence-corrected chi connectivity index (χ2v) is 7.88. The highest BCUT2D eigenvalue weighted by Gasteiger charge is 2.29. The summed E-state index contributed by atoms with van der Waals surface area (Å²) >= 11 is 3.44. The van der Waals surface area contributed by atoms with E-state index in [9.17, 15) is 4.79 Å². The van der Waals surface area contributed by atoms with Crippen LogP contribution in [-0.4, -0.2) is 25.7 Å². The summed E-state index contributed by atoms with van der Waals surface area (Å²) in [7, 11) is 3.34. The molecule has 0 N–H and O–H groups in total.